The highest BCUT2D eigenvalue weighted by Crippen LogP contribution is 2.32. The van der Waals surface area contributed by atoms with Crippen molar-refractivity contribution >= 4 is 21.9 Å². The Hall–Kier alpha value is -1.44. The van der Waals surface area contributed by atoms with Crippen LogP contribution in [0.3, 0.4) is 0 Å². The molecule has 1 aromatic carbocycles. The first-order valence-electron chi connectivity index (χ1n) is 4.64. The summed E-state index contributed by atoms with van der Waals surface area (Å²) in [6.07, 6.45) is -6.01. The molecule has 1 unspecified atom stereocenters. The Bertz CT molecular complexity index is 447. The van der Waals surface area contributed by atoms with E-state index < -0.39 is 24.2 Å². The van der Waals surface area contributed by atoms with Crippen molar-refractivity contribution in [3.63, 3.8) is 0 Å². The highest BCUT2D eigenvalue weighted by molar-refractivity contribution is 9.10. The van der Waals surface area contributed by atoms with Gasteiger partial charge in [-0.1, -0.05) is 0 Å². The molecule has 0 aliphatic carbocycles. The first kappa shape index (κ1) is 14.6. The molecule has 1 rings (SSSR count). The summed E-state index contributed by atoms with van der Waals surface area (Å²) >= 11 is 3.03. The fourth-order valence-electron chi connectivity index (χ4n) is 1.01. The van der Waals surface area contributed by atoms with Crippen molar-refractivity contribution in [2.75, 3.05) is 0 Å². The Labute approximate surface area is 108 Å². The van der Waals surface area contributed by atoms with Gasteiger partial charge in [0.1, 0.15) is 11.5 Å². The summed E-state index contributed by atoms with van der Waals surface area (Å²) in [6, 6.07) is 3.30. The molecule has 4 nitrogen and oxygen atoms in total. The van der Waals surface area contributed by atoms with Crippen molar-refractivity contribution in [3.8, 4) is 11.5 Å². The normalized spacial score (nSPS) is 12.9. The van der Waals surface area contributed by atoms with E-state index in [0.29, 0.717) is 4.47 Å². The number of benzene rings is 1. The smallest absolute Gasteiger partial charge is 0.479 e. The number of alkyl halides is 3. The second kappa shape index (κ2) is 5.47. The number of hydrogen-bond donors (Lipinski definition) is 1. The molecule has 1 aromatic rings. The summed E-state index contributed by atoms with van der Waals surface area (Å²) in [6.45, 7) is 1.26. The van der Waals surface area contributed by atoms with Crippen LogP contribution in [0.2, 0.25) is 0 Å². The highest BCUT2D eigenvalue weighted by atomic mass is 79.9. The van der Waals surface area contributed by atoms with Crippen LogP contribution < -0.4 is 9.47 Å². The van der Waals surface area contributed by atoms with Gasteiger partial charge in [0, 0.05) is 6.07 Å². The van der Waals surface area contributed by atoms with E-state index in [9.17, 15) is 18.0 Å². The van der Waals surface area contributed by atoms with Crippen LogP contribution in [-0.2, 0) is 4.79 Å². The van der Waals surface area contributed by atoms with Crippen LogP contribution >= 0.6 is 15.9 Å². The van der Waals surface area contributed by atoms with Crippen LogP contribution in [0.1, 0.15) is 6.92 Å². The molecular formula is C10H8BrF3O4. The summed E-state index contributed by atoms with van der Waals surface area (Å²) in [7, 11) is 0. The van der Waals surface area contributed by atoms with Crippen LogP contribution in [0.15, 0.2) is 22.7 Å². The van der Waals surface area contributed by atoms with E-state index in [1.165, 1.54) is 13.0 Å². The summed E-state index contributed by atoms with van der Waals surface area (Å²) in [5.41, 5.74) is 0. The van der Waals surface area contributed by atoms with Crippen molar-refractivity contribution in [2.45, 2.75) is 19.4 Å². The molecule has 1 N–H and O–H groups in total. The standard InChI is InChI=1S/C10H8BrF3O4/c1-5(9(15)16)17-8-4-6(2-3-7(8)11)18-10(12,13)14/h2-5H,1H3,(H,15,16). The predicted molar refractivity (Wildman–Crippen MR) is 58.6 cm³/mol. The van der Waals surface area contributed by atoms with E-state index in [1.54, 1.807) is 0 Å². The number of carbonyl (C=O) groups is 1. The van der Waals surface area contributed by atoms with Crippen molar-refractivity contribution in [2.24, 2.45) is 0 Å². The van der Waals surface area contributed by atoms with E-state index in [2.05, 4.69) is 20.7 Å². The van der Waals surface area contributed by atoms with Gasteiger partial charge in [-0.15, -0.1) is 13.2 Å². The third kappa shape index (κ3) is 4.44. The quantitative estimate of drug-likeness (QED) is 0.922. The predicted octanol–water partition coefficient (Wildman–Crippen LogP) is 3.20. The van der Waals surface area contributed by atoms with Gasteiger partial charge in [0.15, 0.2) is 6.10 Å². The Balaban J connectivity index is 2.91. The molecular weight excluding hydrogens is 321 g/mol. The minimum absolute atomic E-state index is 0.0494. The summed E-state index contributed by atoms with van der Waals surface area (Å²) < 4.78 is 45.0. The number of hydrogen-bond acceptors (Lipinski definition) is 3. The molecule has 0 aromatic heterocycles. The van der Waals surface area contributed by atoms with Crippen molar-refractivity contribution in [1.82, 2.24) is 0 Å². The van der Waals surface area contributed by atoms with E-state index in [4.69, 9.17) is 9.84 Å². The molecule has 0 radical (unpaired) electrons. The molecule has 18 heavy (non-hydrogen) atoms. The Kier molecular flexibility index (Phi) is 4.44. The average Bonchev–Trinajstić information content (AvgIpc) is 2.20. The fourth-order valence-corrected chi connectivity index (χ4v) is 1.35. The van der Waals surface area contributed by atoms with E-state index in [-0.39, 0.29) is 5.75 Å². The van der Waals surface area contributed by atoms with Gasteiger partial charge in [-0.05, 0) is 35.0 Å². The molecule has 0 fully saturated rings. The maximum Gasteiger partial charge on any atom is 0.573 e. The van der Waals surface area contributed by atoms with Crippen LogP contribution in [0.4, 0.5) is 13.2 Å². The molecule has 100 valence electrons. The second-order valence-corrected chi connectivity index (χ2v) is 4.09. The lowest BCUT2D eigenvalue weighted by molar-refractivity contribution is -0.274. The number of carboxylic acids is 1. The van der Waals surface area contributed by atoms with Gasteiger partial charge in [0.25, 0.3) is 0 Å². The van der Waals surface area contributed by atoms with E-state index in [1.807, 2.05) is 0 Å². The minimum Gasteiger partial charge on any atom is -0.479 e. The number of carboxylic acid groups (broad SMARTS) is 1. The summed E-state index contributed by atoms with van der Waals surface area (Å²) in [5, 5.41) is 8.64. The van der Waals surface area contributed by atoms with E-state index in [0.717, 1.165) is 12.1 Å². The number of halogens is 4. The number of rotatable bonds is 4. The first-order chi connectivity index (χ1) is 8.19. The van der Waals surface area contributed by atoms with Gasteiger partial charge in [-0.25, -0.2) is 4.79 Å². The lowest BCUT2D eigenvalue weighted by Crippen LogP contribution is -2.23. The number of aliphatic carboxylic acids is 1. The summed E-state index contributed by atoms with van der Waals surface area (Å²) in [4.78, 5) is 10.6. The van der Waals surface area contributed by atoms with Crippen LogP contribution in [0.5, 0.6) is 11.5 Å². The molecule has 0 saturated heterocycles. The lowest BCUT2D eigenvalue weighted by atomic mass is 10.3. The zero-order valence-electron chi connectivity index (χ0n) is 8.99. The van der Waals surface area contributed by atoms with Crippen molar-refractivity contribution in [3.05, 3.63) is 22.7 Å². The minimum atomic E-state index is -4.82. The molecule has 0 bridgehead atoms. The van der Waals surface area contributed by atoms with Gasteiger partial charge in [0.2, 0.25) is 0 Å². The topological polar surface area (TPSA) is 55.8 Å². The number of ether oxygens (including phenoxy) is 2. The Morgan fingerprint density at radius 3 is 2.56 bits per heavy atom. The maximum atomic E-state index is 12.0. The zero-order valence-corrected chi connectivity index (χ0v) is 10.6. The molecule has 0 saturated carbocycles. The van der Waals surface area contributed by atoms with Crippen LogP contribution in [0, 0.1) is 0 Å². The maximum absolute atomic E-state index is 12.0. The SMILES string of the molecule is CC(Oc1cc(OC(F)(F)F)ccc1Br)C(=O)O. The van der Waals surface area contributed by atoms with Crippen LogP contribution in [0.25, 0.3) is 0 Å². The van der Waals surface area contributed by atoms with Crippen LogP contribution in [-0.4, -0.2) is 23.5 Å². The fraction of sp³-hybridized carbons (Fsp3) is 0.300. The third-order valence-corrected chi connectivity index (χ3v) is 2.44. The zero-order chi connectivity index (χ0) is 13.9. The molecule has 0 heterocycles. The molecule has 0 amide bonds. The molecule has 0 aliphatic rings. The lowest BCUT2D eigenvalue weighted by Gasteiger charge is -2.14. The molecule has 0 aliphatic heterocycles. The second-order valence-electron chi connectivity index (χ2n) is 3.24. The third-order valence-electron chi connectivity index (χ3n) is 1.79. The molecule has 0 spiro atoms. The van der Waals surface area contributed by atoms with Gasteiger partial charge in [0.05, 0.1) is 4.47 Å². The monoisotopic (exact) mass is 328 g/mol. The van der Waals surface area contributed by atoms with Gasteiger partial charge < -0.3 is 14.6 Å². The van der Waals surface area contributed by atoms with Crippen molar-refractivity contribution < 1.29 is 32.5 Å². The summed E-state index contributed by atoms with van der Waals surface area (Å²) in [5.74, 6) is -1.77. The average molecular weight is 329 g/mol. The first-order valence-corrected chi connectivity index (χ1v) is 5.43. The Morgan fingerprint density at radius 1 is 1.44 bits per heavy atom. The molecule has 1 atom stereocenters. The van der Waals surface area contributed by atoms with E-state index >= 15 is 0 Å². The van der Waals surface area contributed by atoms with Gasteiger partial charge >= 0.3 is 12.3 Å². The van der Waals surface area contributed by atoms with Gasteiger partial charge in [-0.2, -0.15) is 0 Å². The molecule has 8 heteroatoms. The Morgan fingerprint density at radius 2 is 2.06 bits per heavy atom. The highest BCUT2D eigenvalue weighted by Gasteiger charge is 2.31. The largest absolute Gasteiger partial charge is 0.573 e. The van der Waals surface area contributed by atoms with Gasteiger partial charge in [-0.3, -0.25) is 0 Å². The van der Waals surface area contributed by atoms with Crippen molar-refractivity contribution in [1.29, 1.82) is 0 Å².